The maximum Gasteiger partial charge on any atom is 0.345 e. The molecule has 0 aliphatic heterocycles. The average Bonchev–Trinajstić information content (AvgIpc) is 2.41. The van der Waals surface area contributed by atoms with E-state index in [2.05, 4.69) is 9.97 Å². The molecule has 0 fully saturated rings. The Morgan fingerprint density at radius 2 is 1.83 bits per heavy atom. The monoisotopic (exact) mass is 240 g/mol. The molecule has 1 heterocycles. The molecular formula is C14H9FN2O. The molecule has 1 N–H and O–H groups in total. The Morgan fingerprint density at radius 3 is 2.67 bits per heavy atom. The Labute approximate surface area is 102 Å². The first-order valence-electron chi connectivity index (χ1n) is 5.48. The van der Waals surface area contributed by atoms with Crippen molar-refractivity contribution in [2.75, 3.05) is 0 Å². The van der Waals surface area contributed by atoms with Crippen LogP contribution in [-0.4, -0.2) is 9.97 Å². The molecule has 0 spiro atoms. The molecule has 0 saturated heterocycles. The zero-order valence-electron chi connectivity index (χ0n) is 9.35. The zero-order chi connectivity index (χ0) is 12.5. The largest absolute Gasteiger partial charge is 0.345 e. The highest BCUT2D eigenvalue weighted by molar-refractivity contribution is 5.86. The minimum absolute atomic E-state index is 0.167. The molecule has 0 unspecified atom stereocenters. The predicted octanol–water partition coefficient (Wildman–Crippen LogP) is 2.73. The average molecular weight is 240 g/mol. The van der Waals surface area contributed by atoms with Gasteiger partial charge in [0.2, 0.25) is 0 Å². The minimum Gasteiger partial charge on any atom is -0.303 e. The van der Waals surface area contributed by atoms with Crippen molar-refractivity contribution in [2.45, 2.75) is 0 Å². The van der Waals surface area contributed by atoms with E-state index in [1.165, 1.54) is 0 Å². The number of aromatic amines is 1. The molecule has 0 atom stereocenters. The summed E-state index contributed by atoms with van der Waals surface area (Å²) in [5.41, 5.74) is 0.242. The summed E-state index contributed by atoms with van der Waals surface area (Å²) in [5, 5.41) is 2.06. The van der Waals surface area contributed by atoms with E-state index in [4.69, 9.17) is 0 Å². The molecule has 3 aromatic rings. The van der Waals surface area contributed by atoms with E-state index < -0.39 is 11.5 Å². The Kier molecular flexibility index (Phi) is 2.41. The second kappa shape index (κ2) is 4.07. The Morgan fingerprint density at radius 1 is 1.06 bits per heavy atom. The number of nitrogens with one attached hydrogen (secondary N) is 1. The lowest BCUT2D eigenvalue weighted by Gasteiger charge is -2.04. The van der Waals surface area contributed by atoms with E-state index in [1.54, 1.807) is 6.07 Å². The third-order valence-corrected chi connectivity index (χ3v) is 2.80. The molecule has 88 valence electrons. The summed E-state index contributed by atoms with van der Waals surface area (Å²) in [6.45, 7) is 0. The van der Waals surface area contributed by atoms with Gasteiger partial charge in [0.25, 0.3) is 0 Å². The molecule has 1 aromatic heterocycles. The van der Waals surface area contributed by atoms with Crippen molar-refractivity contribution in [3.8, 4) is 11.3 Å². The van der Waals surface area contributed by atoms with Crippen molar-refractivity contribution in [3.05, 3.63) is 65.0 Å². The van der Waals surface area contributed by atoms with Gasteiger partial charge in [0.15, 0.2) is 5.82 Å². The van der Waals surface area contributed by atoms with E-state index in [0.717, 1.165) is 17.0 Å². The second-order valence-corrected chi connectivity index (χ2v) is 3.97. The van der Waals surface area contributed by atoms with E-state index in [1.807, 2.05) is 36.4 Å². The van der Waals surface area contributed by atoms with Crippen molar-refractivity contribution in [1.82, 2.24) is 9.97 Å². The number of nitrogens with zero attached hydrogens (tertiary/aromatic N) is 1. The molecule has 0 aliphatic carbocycles. The maximum atomic E-state index is 13.6. The van der Waals surface area contributed by atoms with E-state index in [-0.39, 0.29) is 5.69 Å². The van der Waals surface area contributed by atoms with Crippen LogP contribution in [-0.2, 0) is 0 Å². The fourth-order valence-corrected chi connectivity index (χ4v) is 1.93. The highest BCUT2D eigenvalue weighted by Gasteiger charge is 2.07. The van der Waals surface area contributed by atoms with Crippen LogP contribution in [0.15, 0.2) is 53.5 Å². The molecule has 2 aromatic carbocycles. The number of benzene rings is 2. The van der Waals surface area contributed by atoms with Gasteiger partial charge < -0.3 is 4.98 Å². The first-order chi connectivity index (χ1) is 8.74. The van der Waals surface area contributed by atoms with Gasteiger partial charge in [0.05, 0.1) is 11.9 Å². The molecule has 0 radical (unpaired) electrons. The van der Waals surface area contributed by atoms with Gasteiger partial charge in [0, 0.05) is 5.56 Å². The van der Waals surface area contributed by atoms with Crippen molar-refractivity contribution in [2.24, 2.45) is 0 Å². The van der Waals surface area contributed by atoms with Crippen molar-refractivity contribution >= 4 is 10.8 Å². The zero-order valence-corrected chi connectivity index (χ0v) is 9.35. The minimum atomic E-state index is -0.556. The molecule has 3 nitrogen and oxygen atoms in total. The number of fused-ring (bicyclic) bond motifs is 1. The standard InChI is InChI=1S/C14H9FN2O/c15-12-8-16-14(18)17-13(12)11-6-5-9-3-1-2-4-10(9)7-11/h1-8H,(H,16,17,18). The summed E-state index contributed by atoms with van der Waals surface area (Å²) in [6, 6.07) is 13.3. The van der Waals surface area contributed by atoms with Gasteiger partial charge in [-0.15, -0.1) is 0 Å². The summed E-state index contributed by atoms with van der Waals surface area (Å²) in [5.74, 6) is -0.537. The highest BCUT2D eigenvalue weighted by atomic mass is 19.1. The lowest BCUT2D eigenvalue weighted by molar-refractivity contribution is 0.615. The van der Waals surface area contributed by atoms with Crippen LogP contribution in [0.3, 0.4) is 0 Å². The Bertz CT molecular complexity index is 780. The quantitative estimate of drug-likeness (QED) is 0.710. The van der Waals surface area contributed by atoms with Crippen molar-refractivity contribution < 1.29 is 4.39 Å². The summed E-state index contributed by atoms with van der Waals surface area (Å²) in [6.07, 6.45) is 0.934. The topological polar surface area (TPSA) is 45.8 Å². The lowest BCUT2D eigenvalue weighted by Crippen LogP contribution is -2.11. The van der Waals surface area contributed by atoms with Gasteiger partial charge in [-0.2, -0.15) is 4.98 Å². The Hall–Kier alpha value is -2.49. The van der Waals surface area contributed by atoms with Crippen LogP contribution in [0.1, 0.15) is 0 Å². The smallest absolute Gasteiger partial charge is 0.303 e. The van der Waals surface area contributed by atoms with Crippen LogP contribution in [0.25, 0.3) is 22.0 Å². The number of hydrogen-bond donors (Lipinski definition) is 1. The fraction of sp³-hybridized carbons (Fsp3) is 0. The number of rotatable bonds is 1. The van der Waals surface area contributed by atoms with Gasteiger partial charge in [-0.1, -0.05) is 36.4 Å². The summed E-state index contributed by atoms with van der Waals surface area (Å²) < 4.78 is 13.6. The van der Waals surface area contributed by atoms with E-state index in [9.17, 15) is 9.18 Å². The van der Waals surface area contributed by atoms with Gasteiger partial charge >= 0.3 is 5.69 Å². The van der Waals surface area contributed by atoms with Crippen LogP contribution >= 0.6 is 0 Å². The van der Waals surface area contributed by atoms with Crippen LogP contribution < -0.4 is 5.69 Å². The van der Waals surface area contributed by atoms with Crippen LogP contribution in [0.4, 0.5) is 4.39 Å². The third kappa shape index (κ3) is 1.78. The molecule has 18 heavy (non-hydrogen) atoms. The normalized spacial score (nSPS) is 10.7. The summed E-state index contributed by atoms with van der Waals surface area (Å²) in [4.78, 5) is 16.9. The predicted molar refractivity (Wildman–Crippen MR) is 67.8 cm³/mol. The van der Waals surface area contributed by atoms with Crippen LogP contribution in [0.5, 0.6) is 0 Å². The lowest BCUT2D eigenvalue weighted by atomic mass is 10.0. The molecule has 4 heteroatoms. The van der Waals surface area contributed by atoms with Crippen molar-refractivity contribution in [3.63, 3.8) is 0 Å². The van der Waals surface area contributed by atoms with Gasteiger partial charge in [-0.25, -0.2) is 9.18 Å². The SMILES string of the molecule is O=c1ncc(F)c(-c2ccc3ccccc3c2)[nH]1. The highest BCUT2D eigenvalue weighted by Crippen LogP contribution is 2.23. The third-order valence-electron chi connectivity index (χ3n) is 2.80. The van der Waals surface area contributed by atoms with Gasteiger partial charge in [-0.05, 0) is 16.8 Å². The van der Waals surface area contributed by atoms with Gasteiger partial charge in [-0.3, -0.25) is 0 Å². The number of aromatic nitrogens is 2. The van der Waals surface area contributed by atoms with Gasteiger partial charge in [0.1, 0.15) is 0 Å². The maximum absolute atomic E-state index is 13.6. The molecule has 3 rings (SSSR count). The van der Waals surface area contributed by atoms with Crippen LogP contribution in [0.2, 0.25) is 0 Å². The summed E-state index contributed by atoms with van der Waals surface area (Å²) >= 11 is 0. The molecule has 0 amide bonds. The molecule has 0 bridgehead atoms. The first-order valence-corrected chi connectivity index (χ1v) is 5.48. The first kappa shape index (κ1) is 10.7. The second-order valence-electron chi connectivity index (χ2n) is 3.97. The Balaban J connectivity index is 2.25. The molecular weight excluding hydrogens is 231 g/mol. The number of hydrogen-bond acceptors (Lipinski definition) is 2. The van der Waals surface area contributed by atoms with Crippen LogP contribution in [0, 0.1) is 5.82 Å². The molecule has 0 saturated carbocycles. The fourth-order valence-electron chi connectivity index (χ4n) is 1.93. The summed E-state index contributed by atoms with van der Waals surface area (Å²) in [7, 11) is 0. The number of halogens is 1. The van der Waals surface area contributed by atoms with E-state index >= 15 is 0 Å². The van der Waals surface area contributed by atoms with Crippen molar-refractivity contribution in [1.29, 1.82) is 0 Å². The number of H-pyrrole nitrogens is 1. The molecule has 0 aliphatic rings. The van der Waals surface area contributed by atoms with E-state index in [0.29, 0.717) is 5.56 Å².